The van der Waals surface area contributed by atoms with E-state index >= 15 is 0 Å². The predicted molar refractivity (Wildman–Crippen MR) is 79.3 cm³/mol. The van der Waals surface area contributed by atoms with Gasteiger partial charge in [0.15, 0.2) is 0 Å². The number of benzene rings is 1. The molecule has 1 fully saturated rings. The number of ether oxygens (including phenoxy) is 1. The van der Waals surface area contributed by atoms with E-state index in [-0.39, 0.29) is 6.04 Å². The zero-order chi connectivity index (χ0) is 12.8. The first-order chi connectivity index (χ1) is 8.83. The van der Waals surface area contributed by atoms with Crippen LogP contribution in [0.15, 0.2) is 24.3 Å². The van der Waals surface area contributed by atoms with Crippen LogP contribution in [0, 0.1) is 0 Å². The van der Waals surface area contributed by atoms with Gasteiger partial charge in [-0.1, -0.05) is 31.5 Å². The topological polar surface area (TPSA) is 35.2 Å². The van der Waals surface area contributed by atoms with E-state index < -0.39 is 0 Å². The Kier molecular flexibility index (Phi) is 5.39. The largest absolute Gasteiger partial charge is 0.493 e. The summed E-state index contributed by atoms with van der Waals surface area (Å²) >= 11 is 2.02. The second-order valence-corrected chi connectivity index (χ2v) is 6.16. The van der Waals surface area contributed by atoms with E-state index in [1.165, 1.54) is 30.6 Å². The third-order valence-corrected chi connectivity index (χ3v) is 4.84. The molecule has 2 atom stereocenters. The van der Waals surface area contributed by atoms with Gasteiger partial charge in [-0.3, -0.25) is 0 Å². The molecule has 2 rings (SSSR count). The predicted octanol–water partition coefficient (Wildman–Crippen LogP) is 3.76. The van der Waals surface area contributed by atoms with Crippen LogP contribution in [0.1, 0.15) is 44.2 Å². The highest BCUT2D eigenvalue weighted by Gasteiger charge is 2.24. The lowest BCUT2D eigenvalue weighted by molar-refractivity contribution is 0.311. The Balaban J connectivity index is 2.10. The average molecular weight is 265 g/mol. The zero-order valence-corrected chi connectivity index (χ0v) is 11.9. The Labute approximate surface area is 114 Å². The fourth-order valence-electron chi connectivity index (χ4n) is 2.35. The van der Waals surface area contributed by atoms with Crippen molar-refractivity contribution in [2.24, 2.45) is 5.73 Å². The summed E-state index contributed by atoms with van der Waals surface area (Å²) in [6, 6.07) is 8.34. The highest BCUT2D eigenvalue weighted by atomic mass is 32.2. The summed E-state index contributed by atoms with van der Waals surface area (Å²) in [6.45, 7) is 2.89. The van der Waals surface area contributed by atoms with Crippen LogP contribution in [0.3, 0.4) is 0 Å². The van der Waals surface area contributed by atoms with Crippen molar-refractivity contribution >= 4 is 11.8 Å². The Hall–Kier alpha value is -0.670. The van der Waals surface area contributed by atoms with Crippen molar-refractivity contribution in [3.63, 3.8) is 0 Å². The number of para-hydroxylation sites is 1. The molecular weight excluding hydrogens is 242 g/mol. The van der Waals surface area contributed by atoms with Gasteiger partial charge in [-0.15, -0.1) is 0 Å². The van der Waals surface area contributed by atoms with Crippen molar-refractivity contribution in [3.05, 3.63) is 29.8 Å². The van der Waals surface area contributed by atoms with E-state index in [4.69, 9.17) is 10.5 Å². The van der Waals surface area contributed by atoms with Crippen LogP contribution < -0.4 is 10.5 Å². The van der Waals surface area contributed by atoms with Gasteiger partial charge in [0.2, 0.25) is 0 Å². The Morgan fingerprint density at radius 3 is 2.94 bits per heavy atom. The zero-order valence-electron chi connectivity index (χ0n) is 11.1. The molecule has 3 heteroatoms. The lowest BCUT2D eigenvalue weighted by atomic mass is 9.99. The van der Waals surface area contributed by atoms with Crippen molar-refractivity contribution < 1.29 is 4.74 Å². The van der Waals surface area contributed by atoms with Crippen molar-refractivity contribution in [1.82, 2.24) is 0 Å². The quantitative estimate of drug-likeness (QED) is 0.880. The van der Waals surface area contributed by atoms with Gasteiger partial charge in [-0.25, -0.2) is 0 Å². The molecule has 1 aromatic carbocycles. The van der Waals surface area contributed by atoms with Gasteiger partial charge in [-0.05, 0) is 31.1 Å². The smallest absolute Gasteiger partial charge is 0.124 e. The van der Waals surface area contributed by atoms with Crippen LogP contribution in [-0.2, 0) is 0 Å². The minimum atomic E-state index is 0.100. The highest BCUT2D eigenvalue weighted by Crippen LogP contribution is 2.36. The standard InChI is InChI=1S/C15H23NOS/c1-2-10-17-13-8-4-3-7-12(13)15(16)14-9-5-6-11-18-14/h3-4,7-8,14-15H,2,5-6,9-11,16H2,1H3. The molecular formula is C15H23NOS. The van der Waals surface area contributed by atoms with E-state index in [9.17, 15) is 0 Å². The van der Waals surface area contributed by atoms with Gasteiger partial charge in [-0.2, -0.15) is 11.8 Å². The van der Waals surface area contributed by atoms with E-state index in [0.717, 1.165) is 18.8 Å². The maximum absolute atomic E-state index is 6.44. The number of hydrogen-bond acceptors (Lipinski definition) is 3. The van der Waals surface area contributed by atoms with E-state index in [0.29, 0.717) is 5.25 Å². The van der Waals surface area contributed by atoms with Crippen LogP contribution in [0.25, 0.3) is 0 Å². The van der Waals surface area contributed by atoms with Crippen LogP contribution in [0.4, 0.5) is 0 Å². The summed E-state index contributed by atoms with van der Waals surface area (Å²) < 4.78 is 5.81. The maximum Gasteiger partial charge on any atom is 0.124 e. The van der Waals surface area contributed by atoms with Crippen molar-refractivity contribution in [1.29, 1.82) is 0 Å². The molecule has 1 heterocycles. The first kappa shape index (κ1) is 13.8. The van der Waals surface area contributed by atoms with Gasteiger partial charge in [0.1, 0.15) is 5.75 Å². The summed E-state index contributed by atoms with van der Waals surface area (Å²) in [5.74, 6) is 2.22. The van der Waals surface area contributed by atoms with Crippen molar-refractivity contribution in [2.45, 2.75) is 43.9 Å². The molecule has 0 amide bonds. The van der Waals surface area contributed by atoms with Gasteiger partial charge in [0.05, 0.1) is 6.61 Å². The Morgan fingerprint density at radius 1 is 1.39 bits per heavy atom. The van der Waals surface area contributed by atoms with Crippen LogP contribution in [0.2, 0.25) is 0 Å². The monoisotopic (exact) mass is 265 g/mol. The maximum atomic E-state index is 6.44. The summed E-state index contributed by atoms with van der Waals surface area (Å²) in [4.78, 5) is 0. The molecule has 1 aromatic rings. The molecule has 0 saturated carbocycles. The fraction of sp³-hybridized carbons (Fsp3) is 0.600. The lowest BCUT2D eigenvalue weighted by Gasteiger charge is -2.28. The molecule has 2 unspecified atom stereocenters. The molecule has 0 aliphatic carbocycles. The first-order valence-electron chi connectivity index (χ1n) is 6.92. The Bertz CT molecular complexity index is 363. The molecule has 18 heavy (non-hydrogen) atoms. The second kappa shape index (κ2) is 7.05. The molecule has 0 bridgehead atoms. The highest BCUT2D eigenvalue weighted by molar-refractivity contribution is 8.00. The Morgan fingerprint density at radius 2 is 2.22 bits per heavy atom. The SMILES string of the molecule is CCCOc1ccccc1C(N)C1CCCCS1. The average Bonchev–Trinajstić information content (AvgIpc) is 2.45. The summed E-state index contributed by atoms with van der Waals surface area (Å²) in [5.41, 5.74) is 7.61. The van der Waals surface area contributed by atoms with E-state index in [1.54, 1.807) is 0 Å². The fourth-order valence-corrected chi connectivity index (χ4v) is 3.71. The molecule has 0 spiro atoms. The normalized spacial score (nSPS) is 21.6. The van der Waals surface area contributed by atoms with Crippen LogP contribution >= 0.6 is 11.8 Å². The third kappa shape index (κ3) is 3.42. The molecule has 0 radical (unpaired) electrons. The molecule has 0 aromatic heterocycles. The number of hydrogen-bond donors (Lipinski definition) is 1. The minimum Gasteiger partial charge on any atom is -0.493 e. The molecule has 100 valence electrons. The lowest BCUT2D eigenvalue weighted by Crippen LogP contribution is -2.26. The van der Waals surface area contributed by atoms with Crippen LogP contribution in [-0.4, -0.2) is 17.6 Å². The number of nitrogens with two attached hydrogens (primary N) is 1. The molecule has 1 aliphatic rings. The molecule has 1 aliphatic heterocycles. The van der Waals surface area contributed by atoms with E-state index in [2.05, 4.69) is 19.1 Å². The third-order valence-electron chi connectivity index (χ3n) is 3.36. The summed E-state index contributed by atoms with van der Waals surface area (Å²) in [7, 11) is 0. The van der Waals surface area contributed by atoms with Crippen LogP contribution in [0.5, 0.6) is 5.75 Å². The van der Waals surface area contributed by atoms with Gasteiger partial charge >= 0.3 is 0 Å². The molecule has 2 N–H and O–H groups in total. The summed E-state index contributed by atoms with van der Waals surface area (Å²) in [6.07, 6.45) is 4.90. The van der Waals surface area contributed by atoms with Crippen molar-refractivity contribution in [2.75, 3.05) is 12.4 Å². The number of rotatable bonds is 5. The second-order valence-electron chi connectivity index (χ2n) is 4.82. The molecule has 2 nitrogen and oxygen atoms in total. The van der Waals surface area contributed by atoms with E-state index in [1.807, 2.05) is 23.9 Å². The van der Waals surface area contributed by atoms with Gasteiger partial charge < -0.3 is 10.5 Å². The minimum absolute atomic E-state index is 0.100. The summed E-state index contributed by atoms with van der Waals surface area (Å²) in [5, 5.41) is 0.546. The van der Waals surface area contributed by atoms with Crippen molar-refractivity contribution in [3.8, 4) is 5.75 Å². The van der Waals surface area contributed by atoms with Gasteiger partial charge in [0.25, 0.3) is 0 Å². The molecule has 1 saturated heterocycles. The van der Waals surface area contributed by atoms with Gasteiger partial charge in [0, 0.05) is 16.9 Å². The number of thioether (sulfide) groups is 1. The first-order valence-corrected chi connectivity index (χ1v) is 7.96.